The fourth-order valence-corrected chi connectivity index (χ4v) is 1.38. The summed E-state index contributed by atoms with van der Waals surface area (Å²) < 4.78 is 40.4. The molecule has 9 heteroatoms. The number of rotatable bonds is 4. The van der Waals surface area contributed by atoms with Crippen LogP contribution in [-0.2, 0) is 0 Å². The highest BCUT2D eigenvalue weighted by Crippen LogP contribution is 2.30. The molecule has 17 heavy (non-hydrogen) atoms. The average Bonchev–Trinajstić information content (AvgIpc) is 2.19. The summed E-state index contributed by atoms with van der Waals surface area (Å²) >= 11 is 11.4. The van der Waals surface area contributed by atoms with Gasteiger partial charge < -0.3 is 10.2 Å². The lowest BCUT2D eigenvalue weighted by molar-refractivity contribution is -0.139. The molecule has 0 aliphatic carbocycles. The number of hydrazine groups is 1. The summed E-state index contributed by atoms with van der Waals surface area (Å²) in [4.78, 5) is 3.72. The Morgan fingerprint density at radius 3 is 2.53 bits per heavy atom. The first kappa shape index (κ1) is 14.1. The molecule has 0 aliphatic heterocycles. The van der Waals surface area contributed by atoms with Gasteiger partial charge in [0.15, 0.2) is 5.82 Å². The molecule has 0 radical (unpaired) electrons. The number of nitrogens with one attached hydrogen (secondary N) is 1. The number of nitrogen functional groups attached to an aromatic ring is 1. The van der Waals surface area contributed by atoms with Gasteiger partial charge in [-0.2, -0.15) is 18.2 Å². The molecule has 1 aromatic rings. The van der Waals surface area contributed by atoms with Crippen LogP contribution < -0.4 is 16.0 Å². The van der Waals surface area contributed by atoms with Crippen molar-refractivity contribution in [1.29, 1.82) is 0 Å². The van der Waals surface area contributed by atoms with Gasteiger partial charge in [0.25, 0.3) is 0 Å². The zero-order valence-corrected chi connectivity index (χ0v) is 9.83. The Balaban J connectivity index is 2.71. The molecule has 0 saturated carbocycles. The van der Waals surface area contributed by atoms with E-state index in [4.69, 9.17) is 33.8 Å². The van der Waals surface area contributed by atoms with E-state index in [9.17, 15) is 13.2 Å². The van der Waals surface area contributed by atoms with Gasteiger partial charge >= 0.3 is 6.18 Å². The summed E-state index contributed by atoms with van der Waals surface area (Å²) in [5, 5.41) is 0.150. The van der Waals surface area contributed by atoms with Gasteiger partial charge in [-0.25, -0.2) is 5.84 Å². The summed E-state index contributed by atoms with van der Waals surface area (Å²) in [5.74, 6) is 5.00. The van der Waals surface area contributed by atoms with Crippen molar-refractivity contribution in [3.63, 3.8) is 0 Å². The highest BCUT2D eigenvalue weighted by atomic mass is 35.5. The number of nitrogens with zero attached hydrogens (tertiary/aromatic N) is 1. The maximum absolute atomic E-state index is 11.9. The number of ether oxygens (including phenoxy) is 1. The first-order valence-electron chi connectivity index (χ1n) is 4.35. The Labute approximate surface area is 105 Å². The van der Waals surface area contributed by atoms with Crippen LogP contribution in [0.1, 0.15) is 6.42 Å². The minimum atomic E-state index is -4.30. The van der Waals surface area contributed by atoms with Crippen LogP contribution in [-0.4, -0.2) is 17.8 Å². The number of hydrogen-bond donors (Lipinski definition) is 2. The molecule has 0 aliphatic rings. The van der Waals surface area contributed by atoms with Crippen molar-refractivity contribution < 1.29 is 17.9 Å². The van der Waals surface area contributed by atoms with Crippen molar-refractivity contribution in [1.82, 2.24) is 4.98 Å². The van der Waals surface area contributed by atoms with E-state index in [-0.39, 0.29) is 21.7 Å². The Morgan fingerprint density at radius 1 is 1.35 bits per heavy atom. The molecule has 4 nitrogen and oxygen atoms in total. The summed E-state index contributed by atoms with van der Waals surface area (Å²) in [6, 6.07) is 1.27. The third-order valence-electron chi connectivity index (χ3n) is 1.66. The van der Waals surface area contributed by atoms with E-state index in [2.05, 4.69) is 10.4 Å². The SMILES string of the molecule is NNc1nc(OCCC(F)(F)F)c(Cl)cc1Cl. The summed E-state index contributed by atoms with van der Waals surface area (Å²) in [7, 11) is 0. The number of nitrogens with two attached hydrogens (primary N) is 1. The zero-order chi connectivity index (χ0) is 13.1. The van der Waals surface area contributed by atoms with Crippen LogP contribution in [0.25, 0.3) is 0 Å². The Kier molecular flexibility index (Phi) is 4.67. The predicted molar refractivity (Wildman–Crippen MR) is 58.2 cm³/mol. The first-order chi connectivity index (χ1) is 7.83. The van der Waals surface area contributed by atoms with E-state index in [1.807, 2.05) is 0 Å². The van der Waals surface area contributed by atoms with Crippen molar-refractivity contribution in [3.8, 4) is 5.88 Å². The number of alkyl halides is 3. The molecule has 0 saturated heterocycles. The van der Waals surface area contributed by atoms with E-state index in [1.165, 1.54) is 6.07 Å². The quantitative estimate of drug-likeness (QED) is 0.661. The van der Waals surface area contributed by atoms with Crippen molar-refractivity contribution in [3.05, 3.63) is 16.1 Å². The monoisotopic (exact) mass is 289 g/mol. The molecule has 0 atom stereocenters. The molecular formula is C8H8Cl2F3N3O. The largest absolute Gasteiger partial charge is 0.476 e. The van der Waals surface area contributed by atoms with E-state index in [0.29, 0.717) is 0 Å². The number of pyridine rings is 1. The van der Waals surface area contributed by atoms with Crippen LogP contribution >= 0.6 is 23.2 Å². The molecule has 1 heterocycles. The fourth-order valence-electron chi connectivity index (χ4n) is 0.916. The molecule has 3 N–H and O–H groups in total. The number of aromatic nitrogens is 1. The van der Waals surface area contributed by atoms with Crippen LogP contribution in [0.4, 0.5) is 19.0 Å². The molecule has 1 aromatic heterocycles. The van der Waals surface area contributed by atoms with Crippen molar-refractivity contribution >= 4 is 29.0 Å². The normalized spacial score (nSPS) is 11.4. The summed E-state index contributed by atoms with van der Waals surface area (Å²) in [6.45, 7) is -0.581. The lowest BCUT2D eigenvalue weighted by atomic mass is 10.4. The second kappa shape index (κ2) is 5.61. The van der Waals surface area contributed by atoms with Crippen LogP contribution in [0.5, 0.6) is 5.88 Å². The minimum Gasteiger partial charge on any atom is -0.476 e. The van der Waals surface area contributed by atoms with Crippen molar-refractivity contribution in [2.45, 2.75) is 12.6 Å². The maximum atomic E-state index is 11.9. The number of halogens is 5. The van der Waals surface area contributed by atoms with E-state index in [0.717, 1.165) is 0 Å². The number of anilines is 1. The Hall–Kier alpha value is -0.920. The molecule has 0 fully saturated rings. The molecule has 96 valence electrons. The number of hydrogen-bond acceptors (Lipinski definition) is 4. The van der Waals surface area contributed by atoms with Gasteiger partial charge in [0.1, 0.15) is 5.02 Å². The van der Waals surface area contributed by atoms with Crippen LogP contribution in [0.2, 0.25) is 10.0 Å². The molecule has 0 spiro atoms. The molecule has 1 rings (SSSR count). The predicted octanol–water partition coefficient (Wildman–Crippen LogP) is 3.01. The molecule has 0 aromatic carbocycles. The Morgan fingerprint density at radius 2 is 2.00 bits per heavy atom. The standard InChI is InChI=1S/C8H8Cl2F3N3O/c9-4-3-5(10)7(15-6(4)16-14)17-2-1-8(11,12)13/h3H,1-2,14H2,(H,15,16). The second-order valence-electron chi connectivity index (χ2n) is 2.96. The first-order valence-corrected chi connectivity index (χ1v) is 5.11. The molecule has 0 bridgehead atoms. The summed E-state index contributed by atoms with van der Waals surface area (Å²) in [5.41, 5.74) is 2.17. The molecule has 0 unspecified atom stereocenters. The van der Waals surface area contributed by atoms with Gasteiger partial charge in [-0.1, -0.05) is 23.2 Å². The smallest absolute Gasteiger partial charge is 0.392 e. The van der Waals surface area contributed by atoms with Gasteiger partial charge in [-0.3, -0.25) is 0 Å². The van der Waals surface area contributed by atoms with Crippen LogP contribution in [0.15, 0.2) is 6.07 Å². The van der Waals surface area contributed by atoms with Gasteiger partial charge in [-0.05, 0) is 6.07 Å². The van der Waals surface area contributed by atoms with E-state index >= 15 is 0 Å². The third-order valence-corrected chi connectivity index (χ3v) is 2.22. The van der Waals surface area contributed by atoms with Gasteiger partial charge in [-0.15, -0.1) is 0 Å². The van der Waals surface area contributed by atoms with Crippen LogP contribution in [0, 0.1) is 0 Å². The third kappa shape index (κ3) is 4.45. The Bertz CT molecular complexity index is 400. The van der Waals surface area contributed by atoms with Crippen molar-refractivity contribution in [2.75, 3.05) is 12.0 Å². The second-order valence-corrected chi connectivity index (χ2v) is 3.78. The highest BCUT2D eigenvalue weighted by molar-refractivity contribution is 6.36. The molecular weight excluding hydrogens is 282 g/mol. The van der Waals surface area contributed by atoms with Crippen molar-refractivity contribution in [2.24, 2.45) is 5.84 Å². The summed E-state index contributed by atoms with van der Waals surface area (Å²) in [6.07, 6.45) is -5.40. The lowest BCUT2D eigenvalue weighted by Crippen LogP contribution is -2.14. The van der Waals surface area contributed by atoms with Gasteiger partial charge in [0, 0.05) is 0 Å². The average molecular weight is 290 g/mol. The van der Waals surface area contributed by atoms with E-state index in [1.54, 1.807) is 0 Å². The topological polar surface area (TPSA) is 60.2 Å². The van der Waals surface area contributed by atoms with Crippen LogP contribution in [0.3, 0.4) is 0 Å². The van der Waals surface area contributed by atoms with E-state index < -0.39 is 19.2 Å². The van der Waals surface area contributed by atoms with Gasteiger partial charge in [0.05, 0.1) is 18.1 Å². The highest BCUT2D eigenvalue weighted by Gasteiger charge is 2.27. The van der Waals surface area contributed by atoms with Gasteiger partial charge in [0.2, 0.25) is 5.88 Å². The fraction of sp³-hybridized carbons (Fsp3) is 0.375. The lowest BCUT2D eigenvalue weighted by Gasteiger charge is -2.11. The minimum absolute atomic E-state index is 0.0103. The maximum Gasteiger partial charge on any atom is 0.392 e. The zero-order valence-electron chi connectivity index (χ0n) is 8.31. The molecule has 0 amide bonds.